The molecule has 1 saturated heterocycles. The molecule has 1 amide bonds. The van der Waals surface area contributed by atoms with Crippen LogP contribution in [0.5, 0.6) is 11.5 Å². The monoisotopic (exact) mass is 346 g/mol. The predicted molar refractivity (Wildman–Crippen MR) is 91.0 cm³/mol. The summed E-state index contributed by atoms with van der Waals surface area (Å²) in [4.78, 5) is 14.5. The first-order chi connectivity index (χ1) is 12.0. The molecule has 2 aromatic rings. The summed E-state index contributed by atoms with van der Waals surface area (Å²) < 4.78 is 21.6. The number of rotatable bonds is 4. The molecule has 2 heterocycles. The Hall–Kier alpha value is -2.54. The molecule has 25 heavy (non-hydrogen) atoms. The van der Waals surface area contributed by atoms with Crippen LogP contribution in [-0.4, -0.2) is 55.5 Å². The topological polar surface area (TPSA) is 74.0 Å². The number of hydrogen-bond acceptors (Lipinski definition) is 6. The smallest absolute Gasteiger partial charge is 0.276 e. The van der Waals surface area contributed by atoms with E-state index in [1.54, 1.807) is 43.4 Å². The van der Waals surface area contributed by atoms with Crippen LogP contribution >= 0.6 is 0 Å². The van der Waals surface area contributed by atoms with E-state index in [-0.39, 0.29) is 23.7 Å². The maximum atomic E-state index is 12.8. The van der Waals surface area contributed by atoms with E-state index in [4.69, 9.17) is 18.7 Å². The molecule has 3 rings (SSSR count). The molecule has 0 spiro atoms. The van der Waals surface area contributed by atoms with Crippen molar-refractivity contribution in [3.05, 3.63) is 30.0 Å². The lowest BCUT2D eigenvalue weighted by atomic mass is 10.1. The van der Waals surface area contributed by atoms with Gasteiger partial charge in [0.15, 0.2) is 11.5 Å². The Kier molecular flexibility index (Phi) is 4.94. The number of nitrogens with zero attached hydrogens (tertiary/aromatic N) is 2. The van der Waals surface area contributed by atoms with Gasteiger partial charge in [-0.25, -0.2) is 0 Å². The van der Waals surface area contributed by atoms with Crippen LogP contribution in [0.15, 0.2) is 28.8 Å². The summed E-state index contributed by atoms with van der Waals surface area (Å²) in [7, 11) is 3.16. The molecule has 1 aromatic heterocycles. The highest BCUT2D eigenvalue weighted by Gasteiger charge is 2.30. The highest BCUT2D eigenvalue weighted by Crippen LogP contribution is 2.34. The van der Waals surface area contributed by atoms with Gasteiger partial charge < -0.3 is 23.6 Å². The molecule has 0 unspecified atom stereocenters. The number of hydrogen-bond donors (Lipinski definition) is 0. The van der Waals surface area contributed by atoms with Crippen LogP contribution in [0.3, 0.4) is 0 Å². The second-order valence-electron chi connectivity index (χ2n) is 6.09. The summed E-state index contributed by atoms with van der Waals surface area (Å²) >= 11 is 0. The van der Waals surface area contributed by atoms with Crippen molar-refractivity contribution in [3.63, 3.8) is 0 Å². The van der Waals surface area contributed by atoms with Gasteiger partial charge in [0.1, 0.15) is 11.5 Å². The van der Waals surface area contributed by atoms with E-state index >= 15 is 0 Å². The Labute approximate surface area is 146 Å². The van der Waals surface area contributed by atoms with Crippen LogP contribution in [0.4, 0.5) is 0 Å². The largest absolute Gasteiger partial charge is 0.497 e. The van der Waals surface area contributed by atoms with E-state index in [9.17, 15) is 4.79 Å². The molecule has 1 aromatic carbocycles. The molecule has 0 bridgehead atoms. The number of morpholine rings is 1. The first kappa shape index (κ1) is 17.3. The third-order valence-electron chi connectivity index (χ3n) is 4.27. The third kappa shape index (κ3) is 3.46. The molecule has 1 fully saturated rings. The van der Waals surface area contributed by atoms with Crippen molar-refractivity contribution < 1.29 is 23.5 Å². The standard InChI is InChI=1S/C18H22N2O5/c1-11-10-24-12(2)9-20(11)18(21)15-8-17(25-19-15)14-7-13(22-3)5-6-16(14)23-4/h5-8,11-12H,9-10H2,1-4H3/t11-,12-/m0/s1. The molecule has 2 atom stereocenters. The summed E-state index contributed by atoms with van der Waals surface area (Å²) in [5.41, 5.74) is 0.942. The Morgan fingerprint density at radius 2 is 2.04 bits per heavy atom. The van der Waals surface area contributed by atoms with Crippen molar-refractivity contribution in [2.24, 2.45) is 0 Å². The van der Waals surface area contributed by atoms with E-state index in [2.05, 4.69) is 5.16 Å². The van der Waals surface area contributed by atoms with Gasteiger partial charge in [0.05, 0.1) is 38.5 Å². The summed E-state index contributed by atoms with van der Waals surface area (Å²) in [5.74, 6) is 1.56. The normalized spacial score (nSPS) is 20.4. The van der Waals surface area contributed by atoms with Crippen molar-refractivity contribution in [1.29, 1.82) is 0 Å². The predicted octanol–water partition coefficient (Wildman–Crippen LogP) is 2.61. The highest BCUT2D eigenvalue weighted by molar-refractivity contribution is 5.93. The highest BCUT2D eigenvalue weighted by atomic mass is 16.5. The maximum absolute atomic E-state index is 12.8. The molecule has 0 N–H and O–H groups in total. The first-order valence-electron chi connectivity index (χ1n) is 8.15. The molecular formula is C18H22N2O5. The zero-order valence-corrected chi connectivity index (χ0v) is 14.8. The second-order valence-corrected chi connectivity index (χ2v) is 6.09. The molecule has 0 aliphatic carbocycles. The van der Waals surface area contributed by atoms with Gasteiger partial charge in [0.2, 0.25) is 0 Å². The maximum Gasteiger partial charge on any atom is 0.276 e. The van der Waals surface area contributed by atoms with Crippen LogP contribution in [0.2, 0.25) is 0 Å². The summed E-state index contributed by atoms with van der Waals surface area (Å²) in [6.45, 7) is 4.95. The molecule has 1 aliphatic heterocycles. The number of methoxy groups -OCH3 is 2. The first-order valence-corrected chi connectivity index (χ1v) is 8.15. The van der Waals surface area contributed by atoms with Gasteiger partial charge in [0, 0.05) is 12.6 Å². The Morgan fingerprint density at radius 3 is 2.76 bits per heavy atom. The average Bonchev–Trinajstić information content (AvgIpc) is 3.12. The Bertz CT molecular complexity index is 758. The fraction of sp³-hybridized carbons (Fsp3) is 0.444. The van der Waals surface area contributed by atoms with E-state index < -0.39 is 0 Å². The van der Waals surface area contributed by atoms with Gasteiger partial charge in [0.25, 0.3) is 5.91 Å². The lowest BCUT2D eigenvalue weighted by Crippen LogP contribution is -2.50. The Balaban J connectivity index is 1.89. The molecule has 1 aliphatic rings. The van der Waals surface area contributed by atoms with Crippen molar-refractivity contribution in [2.45, 2.75) is 26.0 Å². The zero-order valence-electron chi connectivity index (χ0n) is 14.8. The van der Waals surface area contributed by atoms with E-state index in [0.717, 1.165) is 0 Å². The van der Waals surface area contributed by atoms with E-state index in [0.29, 0.717) is 36.0 Å². The Morgan fingerprint density at radius 1 is 1.24 bits per heavy atom. The van der Waals surface area contributed by atoms with Crippen LogP contribution in [-0.2, 0) is 4.74 Å². The second kappa shape index (κ2) is 7.14. The molecule has 7 heteroatoms. The van der Waals surface area contributed by atoms with Crippen molar-refractivity contribution in [1.82, 2.24) is 10.1 Å². The molecule has 0 radical (unpaired) electrons. The minimum atomic E-state index is -0.167. The zero-order chi connectivity index (χ0) is 18.0. The molecule has 134 valence electrons. The SMILES string of the molecule is COc1ccc(OC)c(-c2cc(C(=O)N3C[C@H](C)OC[C@@H]3C)no2)c1. The van der Waals surface area contributed by atoms with Gasteiger partial charge in [-0.05, 0) is 32.0 Å². The third-order valence-corrected chi connectivity index (χ3v) is 4.27. The van der Waals surface area contributed by atoms with Gasteiger partial charge in [-0.2, -0.15) is 0 Å². The molecular weight excluding hydrogens is 324 g/mol. The van der Waals surface area contributed by atoms with Crippen LogP contribution < -0.4 is 9.47 Å². The lowest BCUT2D eigenvalue weighted by Gasteiger charge is -2.36. The minimum Gasteiger partial charge on any atom is -0.497 e. The quantitative estimate of drug-likeness (QED) is 0.847. The number of aromatic nitrogens is 1. The van der Waals surface area contributed by atoms with E-state index in [1.807, 2.05) is 13.8 Å². The van der Waals surface area contributed by atoms with Crippen LogP contribution in [0, 0.1) is 0 Å². The lowest BCUT2D eigenvalue weighted by molar-refractivity contribution is -0.0390. The molecule has 7 nitrogen and oxygen atoms in total. The van der Waals surface area contributed by atoms with Crippen LogP contribution in [0.1, 0.15) is 24.3 Å². The number of ether oxygens (including phenoxy) is 3. The number of carbonyl (C=O) groups is 1. The number of carbonyl (C=O) groups excluding carboxylic acids is 1. The fourth-order valence-electron chi connectivity index (χ4n) is 2.84. The van der Waals surface area contributed by atoms with Gasteiger partial charge in [-0.15, -0.1) is 0 Å². The van der Waals surface area contributed by atoms with Gasteiger partial charge in [-0.3, -0.25) is 4.79 Å². The average molecular weight is 346 g/mol. The minimum absolute atomic E-state index is 0.00444. The van der Waals surface area contributed by atoms with Crippen molar-refractivity contribution in [2.75, 3.05) is 27.4 Å². The summed E-state index contributed by atoms with van der Waals surface area (Å²) in [5, 5.41) is 3.95. The van der Waals surface area contributed by atoms with E-state index in [1.165, 1.54) is 0 Å². The van der Waals surface area contributed by atoms with Gasteiger partial charge >= 0.3 is 0 Å². The number of amides is 1. The fourth-order valence-corrected chi connectivity index (χ4v) is 2.84. The van der Waals surface area contributed by atoms with Crippen molar-refractivity contribution in [3.8, 4) is 22.8 Å². The van der Waals surface area contributed by atoms with Crippen LogP contribution in [0.25, 0.3) is 11.3 Å². The van der Waals surface area contributed by atoms with Crippen molar-refractivity contribution >= 4 is 5.91 Å². The summed E-state index contributed by atoms with van der Waals surface area (Å²) in [6.07, 6.45) is 0.00463. The molecule has 0 saturated carbocycles. The number of benzene rings is 1. The summed E-state index contributed by atoms with van der Waals surface area (Å²) in [6, 6.07) is 6.99. The van der Waals surface area contributed by atoms with Gasteiger partial charge in [-0.1, -0.05) is 5.16 Å².